The van der Waals surface area contributed by atoms with E-state index in [9.17, 15) is 0 Å². The predicted octanol–water partition coefficient (Wildman–Crippen LogP) is 2.59. The number of fused-ring (bicyclic) bond motifs is 1. The van der Waals surface area contributed by atoms with Crippen LogP contribution in [0.3, 0.4) is 0 Å². The number of anilines is 2. The summed E-state index contributed by atoms with van der Waals surface area (Å²) in [6, 6.07) is 9.24. The fraction of sp³-hybridized carbons (Fsp3) is 0.364. The number of nitrogens with one attached hydrogen (secondary N) is 1. The minimum absolute atomic E-state index is 0.746. The van der Waals surface area contributed by atoms with Crippen LogP contribution >= 0.6 is 0 Å². The van der Waals surface area contributed by atoms with Crippen molar-refractivity contribution >= 4 is 11.4 Å². The van der Waals surface area contributed by atoms with Crippen molar-refractivity contribution in [2.24, 2.45) is 0 Å². The molecule has 2 nitrogen and oxygen atoms in total. The zero-order valence-electron chi connectivity index (χ0n) is 7.53. The molecule has 2 aliphatic rings. The Balaban J connectivity index is 1.93. The summed E-state index contributed by atoms with van der Waals surface area (Å²) >= 11 is 0. The second-order valence-corrected chi connectivity index (χ2v) is 3.78. The normalized spacial score (nSPS) is 20.8. The highest BCUT2D eigenvalue weighted by Crippen LogP contribution is 2.38. The first-order chi connectivity index (χ1) is 6.45. The highest BCUT2D eigenvalue weighted by Gasteiger charge is 2.29. The summed E-state index contributed by atoms with van der Waals surface area (Å²) in [7, 11) is 0. The lowest BCUT2D eigenvalue weighted by molar-refractivity contribution is 0.405. The van der Waals surface area contributed by atoms with Crippen molar-refractivity contribution in [2.45, 2.75) is 25.3 Å². The summed E-state index contributed by atoms with van der Waals surface area (Å²) in [5.74, 6) is 0. The average molecular weight is 173 g/mol. The number of benzene rings is 1. The molecule has 1 saturated carbocycles. The van der Waals surface area contributed by atoms with Crippen LogP contribution in [0.25, 0.3) is 0 Å². The summed E-state index contributed by atoms with van der Waals surface area (Å²) in [4.78, 5) is 2.37. The van der Waals surface area contributed by atoms with Crippen molar-refractivity contribution in [3.63, 3.8) is 0 Å². The van der Waals surface area contributed by atoms with Gasteiger partial charge in [0.05, 0.1) is 11.4 Å². The van der Waals surface area contributed by atoms with E-state index in [4.69, 9.17) is 0 Å². The molecule has 1 N–H and O–H groups in total. The molecule has 1 aromatic carbocycles. The fourth-order valence-electron chi connectivity index (χ4n) is 2.00. The van der Waals surface area contributed by atoms with Crippen molar-refractivity contribution < 1.29 is 0 Å². The second-order valence-electron chi connectivity index (χ2n) is 3.78. The van der Waals surface area contributed by atoms with Crippen LogP contribution < -0.4 is 10.2 Å². The van der Waals surface area contributed by atoms with Crippen LogP contribution in [-0.2, 0) is 0 Å². The topological polar surface area (TPSA) is 15.3 Å². The third-order valence-electron chi connectivity index (χ3n) is 3.01. The van der Waals surface area contributed by atoms with Crippen LogP contribution in [0, 0.1) is 6.67 Å². The second kappa shape index (κ2) is 2.66. The van der Waals surface area contributed by atoms with Gasteiger partial charge in [-0.2, -0.15) is 0 Å². The van der Waals surface area contributed by atoms with Crippen molar-refractivity contribution in [3.8, 4) is 0 Å². The molecule has 0 bridgehead atoms. The zero-order valence-corrected chi connectivity index (χ0v) is 7.53. The van der Waals surface area contributed by atoms with E-state index in [1.807, 2.05) is 0 Å². The minimum Gasteiger partial charge on any atom is -0.360 e. The molecule has 3 rings (SSSR count). The Hall–Kier alpha value is -1.18. The third kappa shape index (κ3) is 1.01. The van der Waals surface area contributed by atoms with E-state index in [-0.39, 0.29) is 0 Å². The monoisotopic (exact) mass is 173 g/mol. The maximum absolute atomic E-state index is 3.30. The molecule has 0 saturated heterocycles. The van der Waals surface area contributed by atoms with Gasteiger partial charge in [-0.1, -0.05) is 12.1 Å². The Bertz CT molecular complexity index is 318. The van der Waals surface area contributed by atoms with E-state index in [1.165, 1.54) is 30.6 Å². The molecule has 1 heterocycles. The average Bonchev–Trinajstić information content (AvgIpc) is 2.47. The van der Waals surface area contributed by atoms with E-state index < -0.39 is 0 Å². The zero-order chi connectivity index (χ0) is 8.67. The van der Waals surface area contributed by atoms with E-state index in [0.717, 1.165) is 6.04 Å². The molecule has 1 radical (unpaired) electrons. The van der Waals surface area contributed by atoms with E-state index in [2.05, 4.69) is 41.2 Å². The predicted molar refractivity (Wildman–Crippen MR) is 54.5 cm³/mol. The molecule has 1 aliphatic heterocycles. The quantitative estimate of drug-likeness (QED) is 0.702. The van der Waals surface area contributed by atoms with Gasteiger partial charge in [0, 0.05) is 6.04 Å². The molecule has 67 valence electrons. The van der Waals surface area contributed by atoms with Gasteiger partial charge in [-0.15, -0.1) is 0 Å². The lowest BCUT2D eigenvalue weighted by Crippen LogP contribution is -2.37. The first kappa shape index (κ1) is 7.25. The molecule has 2 heteroatoms. The highest BCUT2D eigenvalue weighted by molar-refractivity contribution is 5.77. The van der Waals surface area contributed by atoms with Crippen molar-refractivity contribution in [1.82, 2.24) is 0 Å². The van der Waals surface area contributed by atoms with Crippen LogP contribution in [0.1, 0.15) is 19.3 Å². The summed E-state index contributed by atoms with van der Waals surface area (Å²) in [5, 5.41) is 3.30. The van der Waals surface area contributed by atoms with Crippen molar-refractivity contribution in [1.29, 1.82) is 0 Å². The van der Waals surface area contributed by atoms with Crippen LogP contribution in [0.5, 0.6) is 0 Å². The van der Waals surface area contributed by atoms with Crippen LogP contribution in [0.2, 0.25) is 0 Å². The van der Waals surface area contributed by atoms with E-state index >= 15 is 0 Å². The first-order valence-corrected chi connectivity index (χ1v) is 4.92. The van der Waals surface area contributed by atoms with Gasteiger partial charge in [0.25, 0.3) is 0 Å². The lowest BCUT2D eigenvalue weighted by atomic mass is 9.91. The van der Waals surface area contributed by atoms with Gasteiger partial charge in [0.15, 0.2) is 0 Å². The number of nitrogens with zero attached hydrogens (tertiary/aromatic N) is 1. The number of hydrogen-bond donors (Lipinski definition) is 1. The SMILES string of the molecule is [CH]1Nc2ccccc2N1C1CCC1. The number of rotatable bonds is 1. The molecule has 1 aliphatic carbocycles. The maximum Gasteiger partial charge on any atom is 0.139 e. The van der Waals surface area contributed by atoms with Gasteiger partial charge in [-0.3, -0.25) is 0 Å². The van der Waals surface area contributed by atoms with E-state index in [1.54, 1.807) is 0 Å². The number of para-hydroxylation sites is 2. The smallest absolute Gasteiger partial charge is 0.139 e. The Morgan fingerprint density at radius 3 is 2.85 bits per heavy atom. The largest absolute Gasteiger partial charge is 0.360 e. The first-order valence-electron chi connectivity index (χ1n) is 4.92. The van der Waals surface area contributed by atoms with Crippen molar-refractivity contribution in [3.05, 3.63) is 30.9 Å². The molecule has 0 atom stereocenters. The fourth-order valence-corrected chi connectivity index (χ4v) is 2.00. The molecule has 1 aromatic rings. The van der Waals surface area contributed by atoms with Gasteiger partial charge >= 0.3 is 0 Å². The number of hydrogen-bond acceptors (Lipinski definition) is 2. The van der Waals surface area contributed by atoms with Gasteiger partial charge in [-0.25, -0.2) is 0 Å². The maximum atomic E-state index is 3.30. The summed E-state index contributed by atoms with van der Waals surface area (Å²) in [6.07, 6.45) is 4.07. The Morgan fingerprint density at radius 1 is 1.23 bits per heavy atom. The van der Waals surface area contributed by atoms with Gasteiger partial charge in [0.2, 0.25) is 0 Å². The Morgan fingerprint density at radius 2 is 2.08 bits per heavy atom. The molecular formula is C11H13N2. The molecule has 13 heavy (non-hydrogen) atoms. The van der Waals surface area contributed by atoms with Crippen LogP contribution in [0.15, 0.2) is 24.3 Å². The summed E-state index contributed by atoms with van der Waals surface area (Å²) < 4.78 is 0. The molecule has 0 amide bonds. The summed E-state index contributed by atoms with van der Waals surface area (Å²) in [6.45, 7) is 2.11. The lowest BCUT2D eigenvalue weighted by Gasteiger charge is -2.35. The standard InChI is InChI=1S/C11H13N2/c1-2-7-11-10(6-1)12-8-13(11)9-4-3-5-9/h1-2,6-9,12H,3-5H2. The van der Waals surface area contributed by atoms with Crippen LogP contribution in [0.4, 0.5) is 11.4 Å². The Labute approximate surface area is 78.6 Å². The van der Waals surface area contributed by atoms with Gasteiger partial charge < -0.3 is 10.2 Å². The molecular weight excluding hydrogens is 160 g/mol. The van der Waals surface area contributed by atoms with E-state index in [0.29, 0.717) is 0 Å². The molecule has 0 aromatic heterocycles. The summed E-state index contributed by atoms with van der Waals surface area (Å²) in [5.41, 5.74) is 2.58. The highest BCUT2D eigenvalue weighted by atomic mass is 15.3. The van der Waals surface area contributed by atoms with Gasteiger partial charge in [0.1, 0.15) is 6.67 Å². The Kier molecular flexibility index (Phi) is 1.48. The minimum atomic E-state index is 0.746. The van der Waals surface area contributed by atoms with Crippen LogP contribution in [-0.4, -0.2) is 6.04 Å². The third-order valence-corrected chi connectivity index (χ3v) is 3.01. The van der Waals surface area contributed by atoms with Crippen molar-refractivity contribution in [2.75, 3.05) is 10.2 Å². The molecule has 1 fully saturated rings. The van der Waals surface area contributed by atoms with Gasteiger partial charge in [-0.05, 0) is 31.4 Å². The molecule has 0 unspecified atom stereocenters. The molecule has 0 spiro atoms.